The molecule has 0 bridgehead atoms. The van der Waals surface area contributed by atoms with Crippen LogP contribution in [0.25, 0.3) is 6.08 Å². The molecule has 4 heteroatoms. The smallest absolute Gasteiger partial charge is 0.244 e. The van der Waals surface area contributed by atoms with Crippen LogP contribution in [0.1, 0.15) is 18.1 Å². The SMILES string of the molecule is COc1ccccc1/C=C/C(=O)N[C@@H](C)COc1ccccc1C. The van der Waals surface area contributed by atoms with E-state index in [-0.39, 0.29) is 11.9 Å². The molecule has 1 amide bonds. The van der Waals surface area contributed by atoms with Crippen molar-refractivity contribution in [2.45, 2.75) is 19.9 Å². The van der Waals surface area contributed by atoms with Crippen LogP contribution in [0.15, 0.2) is 54.6 Å². The summed E-state index contributed by atoms with van der Waals surface area (Å²) in [6, 6.07) is 15.3. The maximum atomic E-state index is 12.0. The highest BCUT2D eigenvalue weighted by Gasteiger charge is 2.07. The summed E-state index contributed by atoms with van der Waals surface area (Å²) in [7, 11) is 1.61. The van der Waals surface area contributed by atoms with Gasteiger partial charge in [0.15, 0.2) is 0 Å². The Balaban J connectivity index is 1.85. The van der Waals surface area contributed by atoms with E-state index in [1.54, 1.807) is 13.2 Å². The Kier molecular flexibility index (Phi) is 6.43. The van der Waals surface area contributed by atoms with Gasteiger partial charge in [0.25, 0.3) is 0 Å². The van der Waals surface area contributed by atoms with Crippen LogP contribution < -0.4 is 14.8 Å². The minimum Gasteiger partial charge on any atom is -0.496 e. The van der Waals surface area contributed by atoms with Crippen LogP contribution in [0.2, 0.25) is 0 Å². The summed E-state index contributed by atoms with van der Waals surface area (Å²) in [5.41, 5.74) is 1.94. The van der Waals surface area contributed by atoms with Gasteiger partial charge in [-0.25, -0.2) is 0 Å². The van der Waals surface area contributed by atoms with E-state index in [4.69, 9.17) is 9.47 Å². The standard InChI is InChI=1S/C20H23NO3/c1-15-8-4-6-10-18(15)24-14-16(2)21-20(22)13-12-17-9-5-7-11-19(17)23-3/h4-13,16H,14H2,1-3H3,(H,21,22)/b13-12+/t16-/m0/s1. The number of carbonyl (C=O) groups is 1. The number of nitrogens with one attached hydrogen (secondary N) is 1. The summed E-state index contributed by atoms with van der Waals surface area (Å²) in [5, 5.41) is 2.89. The van der Waals surface area contributed by atoms with Crippen molar-refractivity contribution in [2.75, 3.05) is 13.7 Å². The molecular weight excluding hydrogens is 302 g/mol. The number of benzene rings is 2. The molecular formula is C20H23NO3. The molecule has 0 spiro atoms. The number of amides is 1. The third-order valence-corrected chi connectivity index (χ3v) is 3.52. The zero-order valence-corrected chi connectivity index (χ0v) is 14.3. The molecule has 0 aromatic heterocycles. The van der Waals surface area contributed by atoms with Crippen molar-refractivity contribution < 1.29 is 14.3 Å². The van der Waals surface area contributed by atoms with Crippen molar-refractivity contribution in [3.05, 3.63) is 65.7 Å². The first kappa shape index (κ1) is 17.6. The van der Waals surface area contributed by atoms with Crippen LogP contribution in [-0.2, 0) is 4.79 Å². The highest BCUT2D eigenvalue weighted by molar-refractivity contribution is 5.92. The first-order valence-electron chi connectivity index (χ1n) is 7.90. The molecule has 2 rings (SSSR count). The topological polar surface area (TPSA) is 47.6 Å². The predicted molar refractivity (Wildman–Crippen MR) is 96.3 cm³/mol. The molecule has 24 heavy (non-hydrogen) atoms. The molecule has 0 heterocycles. The lowest BCUT2D eigenvalue weighted by Crippen LogP contribution is -2.35. The van der Waals surface area contributed by atoms with Crippen molar-refractivity contribution in [1.29, 1.82) is 0 Å². The van der Waals surface area contributed by atoms with Gasteiger partial charge in [-0.1, -0.05) is 36.4 Å². The van der Waals surface area contributed by atoms with Gasteiger partial charge in [0, 0.05) is 11.6 Å². The van der Waals surface area contributed by atoms with Gasteiger partial charge in [-0.3, -0.25) is 4.79 Å². The summed E-state index contributed by atoms with van der Waals surface area (Å²) in [6.45, 7) is 4.32. The van der Waals surface area contributed by atoms with Crippen LogP contribution >= 0.6 is 0 Å². The van der Waals surface area contributed by atoms with E-state index in [1.807, 2.05) is 62.4 Å². The summed E-state index contributed by atoms with van der Waals surface area (Å²) in [6.07, 6.45) is 3.24. The number of methoxy groups -OCH3 is 1. The predicted octanol–water partition coefficient (Wildman–Crippen LogP) is 3.60. The number of rotatable bonds is 7. The summed E-state index contributed by atoms with van der Waals surface area (Å²) in [5.74, 6) is 1.41. The van der Waals surface area contributed by atoms with E-state index in [9.17, 15) is 4.79 Å². The first-order chi connectivity index (χ1) is 11.6. The molecule has 0 aliphatic heterocycles. The Hall–Kier alpha value is -2.75. The molecule has 0 unspecified atom stereocenters. The lowest BCUT2D eigenvalue weighted by Gasteiger charge is -2.15. The molecule has 1 atom stereocenters. The van der Waals surface area contributed by atoms with Crippen molar-refractivity contribution in [3.63, 3.8) is 0 Å². The van der Waals surface area contributed by atoms with Crippen molar-refractivity contribution >= 4 is 12.0 Å². The number of hydrogen-bond donors (Lipinski definition) is 1. The van der Waals surface area contributed by atoms with Crippen molar-refractivity contribution in [2.24, 2.45) is 0 Å². The summed E-state index contributed by atoms with van der Waals surface area (Å²) in [4.78, 5) is 12.0. The molecule has 0 radical (unpaired) electrons. The largest absolute Gasteiger partial charge is 0.496 e. The zero-order valence-electron chi connectivity index (χ0n) is 14.3. The Morgan fingerprint density at radius 3 is 2.50 bits per heavy atom. The Bertz CT molecular complexity index is 710. The monoisotopic (exact) mass is 325 g/mol. The third-order valence-electron chi connectivity index (χ3n) is 3.52. The first-order valence-corrected chi connectivity index (χ1v) is 7.90. The van der Waals surface area contributed by atoms with E-state index in [0.717, 1.165) is 22.6 Å². The minimum absolute atomic E-state index is 0.0978. The Labute approximate surface area is 143 Å². The third kappa shape index (κ3) is 5.16. The molecule has 4 nitrogen and oxygen atoms in total. The number of para-hydroxylation sites is 2. The van der Waals surface area contributed by atoms with E-state index in [0.29, 0.717) is 6.61 Å². The van der Waals surface area contributed by atoms with Crippen LogP contribution in [0, 0.1) is 6.92 Å². The average molecular weight is 325 g/mol. The zero-order chi connectivity index (χ0) is 17.4. The highest BCUT2D eigenvalue weighted by Crippen LogP contribution is 2.18. The van der Waals surface area contributed by atoms with Gasteiger partial charge in [-0.15, -0.1) is 0 Å². The molecule has 0 saturated carbocycles. The number of ether oxygens (including phenoxy) is 2. The maximum Gasteiger partial charge on any atom is 0.244 e. The van der Waals surface area contributed by atoms with Crippen LogP contribution in [0.5, 0.6) is 11.5 Å². The van der Waals surface area contributed by atoms with Crippen LogP contribution in [0.3, 0.4) is 0 Å². The molecule has 126 valence electrons. The van der Waals surface area contributed by atoms with E-state index in [1.165, 1.54) is 6.08 Å². The second-order valence-electron chi connectivity index (χ2n) is 5.56. The second-order valence-corrected chi connectivity index (χ2v) is 5.56. The molecule has 0 fully saturated rings. The van der Waals surface area contributed by atoms with Gasteiger partial charge >= 0.3 is 0 Å². The van der Waals surface area contributed by atoms with E-state index < -0.39 is 0 Å². The van der Waals surface area contributed by atoms with Crippen molar-refractivity contribution in [1.82, 2.24) is 5.32 Å². The molecule has 0 saturated heterocycles. The number of aryl methyl sites for hydroxylation is 1. The molecule has 1 N–H and O–H groups in total. The minimum atomic E-state index is -0.165. The van der Waals surface area contributed by atoms with E-state index >= 15 is 0 Å². The molecule has 0 aliphatic rings. The lowest BCUT2D eigenvalue weighted by atomic mass is 10.2. The average Bonchev–Trinajstić information content (AvgIpc) is 2.59. The van der Waals surface area contributed by atoms with Gasteiger partial charge in [0.2, 0.25) is 5.91 Å². The fraction of sp³-hybridized carbons (Fsp3) is 0.250. The molecule has 2 aromatic rings. The Morgan fingerprint density at radius 2 is 1.79 bits per heavy atom. The van der Waals surface area contributed by atoms with Crippen LogP contribution in [0.4, 0.5) is 0 Å². The fourth-order valence-corrected chi connectivity index (χ4v) is 2.24. The lowest BCUT2D eigenvalue weighted by molar-refractivity contribution is -0.117. The summed E-state index contributed by atoms with van der Waals surface area (Å²) >= 11 is 0. The van der Waals surface area contributed by atoms with Gasteiger partial charge in [0.1, 0.15) is 18.1 Å². The number of carbonyl (C=O) groups excluding carboxylic acids is 1. The van der Waals surface area contributed by atoms with Crippen LogP contribution in [-0.4, -0.2) is 25.7 Å². The highest BCUT2D eigenvalue weighted by atomic mass is 16.5. The normalized spacial score (nSPS) is 12.0. The van der Waals surface area contributed by atoms with Gasteiger partial charge < -0.3 is 14.8 Å². The summed E-state index contributed by atoms with van der Waals surface area (Å²) < 4.78 is 11.0. The van der Waals surface area contributed by atoms with Crippen molar-refractivity contribution in [3.8, 4) is 11.5 Å². The van der Waals surface area contributed by atoms with Gasteiger partial charge in [0.05, 0.1) is 13.2 Å². The maximum absolute atomic E-state index is 12.0. The quantitative estimate of drug-likeness (QED) is 0.791. The van der Waals surface area contributed by atoms with Gasteiger partial charge in [-0.05, 0) is 37.6 Å². The molecule has 0 aliphatic carbocycles. The fourth-order valence-electron chi connectivity index (χ4n) is 2.24. The Morgan fingerprint density at radius 1 is 1.12 bits per heavy atom. The molecule has 2 aromatic carbocycles. The second kappa shape index (κ2) is 8.77. The number of hydrogen-bond acceptors (Lipinski definition) is 3. The van der Waals surface area contributed by atoms with E-state index in [2.05, 4.69) is 5.32 Å². The van der Waals surface area contributed by atoms with Gasteiger partial charge in [-0.2, -0.15) is 0 Å².